The van der Waals surface area contributed by atoms with Gasteiger partial charge in [-0.15, -0.1) is 0 Å². The molecule has 22 heavy (non-hydrogen) atoms. The number of hydrogen-bond acceptors (Lipinski definition) is 3. The molecule has 1 aromatic carbocycles. The van der Waals surface area contributed by atoms with Gasteiger partial charge in [0.1, 0.15) is 0 Å². The van der Waals surface area contributed by atoms with Crippen LogP contribution in [-0.2, 0) is 4.79 Å². The minimum atomic E-state index is -0.0601. The van der Waals surface area contributed by atoms with Crippen LogP contribution in [0.3, 0.4) is 0 Å². The number of carbonyl (C=O) groups is 1. The van der Waals surface area contributed by atoms with E-state index >= 15 is 0 Å². The molecule has 4 nitrogen and oxygen atoms in total. The molecule has 1 aliphatic heterocycles. The molecule has 0 saturated heterocycles. The van der Waals surface area contributed by atoms with Gasteiger partial charge in [0.15, 0.2) is 11.5 Å². The Morgan fingerprint density at radius 1 is 1.18 bits per heavy atom. The Morgan fingerprint density at radius 3 is 2.77 bits per heavy atom. The van der Waals surface area contributed by atoms with Crippen molar-refractivity contribution in [3.63, 3.8) is 0 Å². The highest BCUT2D eigenvalue weighted by atomic mass is 35.5. The maximum Gasteiger partial charge on any atom is 0.244 e. The molecule has 2 aliphatic rings. The molecular formula is C17H20ClNO3. The third kappa shape index (κ3) is 3.74. The van der Waals surface area contributed by atoms with Crippen LogP contribution in [0.1, 0.15) is 37.7 Å². The predicted molar refractivity (Wildman–Crippen MR) is 86.5 cm³/mol. The van der Waals surface area contributed by atoms with Crippen molar-refractivity contribution < 1.29 is 14.3 Å². The number of benzene rings is 1. The van der Waals surface area contributed by atoms with Gasteiger partial charge < -0.3 is 14.8 Å². The van der Waals surface area contributed by atoms with E-state index in [2.05, 4.69) is 5.32 Å². The monoisotopic (exact) mass is 321 g/mol. The fourth-order valence-electron chi connectivity index (χ4n) is 2.84. The minimum absolute atomic E-state index is 0.0601. The Kier molecular flexibility index (Phi) is 4.88. The zero-order valence-electron chi connectivity index (χ0n) is 12.4. The first-order chi connectivity index (χ1) is 10.7. The van der Waals surface area contributed by atoms with Gasteiger partial charge in [-0.25, -0.2) is 0 Å². The van der Waals surface area contributed by atoms with E-state index in [1.54, 1.807) is 18.2 Å². The molecule has 1 N–H and O–H groups in total. The Balaban J connectivity index is 1.69. The molecule has 1 saturated carbocycles. The molecule has 0 aromatic heterocycles. The SMILES string of the molecule is O=C(/C=C/c1cc(Cl)c2c(c1)OCCCO2)NC1CCCC1. The van der Waals surface area contributed by atoms with E-state index in [9.17, 15) is 4.79 Å². The molecule has 1 aromatic rings. The van der Waals surface area contributed by atoms with E-state index in [0.717, 1.165) is 24.8 Å². The van der Waals surface area contributed by atoms with Gasteiger partial charge in [-0.3, -0.25) is 4.79 Å². The largest absolute Gasteiger partial charge is 0.489 e. The van der Waals surface area contributed by atoms with Crippen molar-refractivity contribution in [2.24, 2.45) is 0 Å². The van der Waals surface area contributed by atoms with E-state index < -0.39 is 0 Å². The van der Waals surface area contributed by atoms with Gasteiger partial charge in [0.25, 0.3) is 0 Å². The molecule has 1 amide bonds. The summed E-state index contributed by atoms with van der Waals surface area (Å²) in [7, 11) is 0. The lowest BCUT2D eigenvalue weighted by molar-refractivity contribution is -0.117. The zero-order chi connectivity index (χ0) is 15.4. The number of hydrogen-bond donors (Lipinski definition) is 1. The number of nitrogens with one attached hydrogen (secondary N) is 1. The molecule has 1 heterocycles. The third-order valence-corrected chi connectivity index (χ3v) is 4.23. The van der Waals surface area contributed by atoms with Gasteiger partial charge in [-0.2, -0.15) is 0 Å². The molecule has 0 radical (unpaired) electrons. The summed E-state index contributed by atoms with van der Waals surface area (Å²) in [5, 5.41) is 3.53. The average molecular weight is 322 g/mol. The summed E-state index contributed by atoms with van der Waals surface area (Å²) in [4.78, 5) is 11.9. The fraction of sp³-hybridized carbons (Fsp3) is 0.471. The number of halogens is 1. The second-order valence-electron chi connectivity index (χ2n) is 5.70. The zero-order valence-corrected chi connectivity index (χ0v) is 13.2. The molecule has 0 bridgehead atoms. The van der Waals surface area contributed by atoms with Crippen molar-refractivity contribution in [2.75, 3.05) is 13.2 Å². The summed E-state index contributed by atoms with van der Waals surface area (Å²) in [6, 6.07) is 3.96. The highest BCUT2D eigenvalue weighted by Crippen LogP contribution is 2.38. The van der Waals surface area contributed by atoms with Crippen LogP contribution in [0.25, 0.3) is 6.08 Å². The van der Waals surface area contributed by atoms with Crippen molar-refractivity contribution in [3.05, 3.63) is 28.8 Å². The second-order valence-corrected chi connectivity index (χ2v) is 6.11. The molecule has 3 rings (SSSR count). The molecule has 1 aliphatic carbocycles. The molecule has 0 spiro atoms. The van der Waals surface area contributed by atoms with Crippen LogP contribution < -0.4 is 14.8 Å². The third-order valence-electron chi connectivity index (χ3n) is 3.95. The van der Waals surface area contributed by atoms with Gasteiger partial charge in [0.05, 0.1) is 18.2 Å². The number of ether oxygens (including phenoxy) is 2. The van der Waals surface area contributed by atoms with Crippen LogP contribution >= 0.6 is 11.6 Å². The molecular weight excluding hydrogens is 302 g/mol. The van der Waals surface area contributed by atoms with Gasteiger partial charge in [-0.1, -0.05) is 24.4 Å². The summed E-state index contributed by atoms with van der Waals surface area (Å²) < 4.78 is 11.2. The van der Waals surface area contributed by atoms with Gasteiger partial charge in [0, 0.05) is 18.5 Å². The van der Waals surface area contributed by atoms with Crippen molar-refractivity contribution in [1.29, 1.82) is 0 Å². The maximum absolute atomic E-state index is 11.9. The van der Waals surface area contributed by atoms with E-state index in [4.69, 9.17) is 21.1 Å². The lowest BCUT2D eigenvalue weighted by atomic mass is 10.1. The molecule has 118 valence electrons. The average Bonchev–Trinajstić information content (AvgIpc) is 2.88. The van der Waals surface area contributed by atoms with Crippen molar-refractivity contribution in [2.45, 2.75) is 38.1 Å². The summed E-state index contributed by atoms with van der Waals surface area (Å²) in [5.41, 5.74) is 0.829. The number of amides is 1. The summed E-state index contributed by atoms with van der Waals surface area (Å²) in [6.07, 6.45) is 8.70. The molecule has 0 atom stereocenters. The summed E-state index contributed by atoms with van der Waals surface area (Å²) in [5.74, 6) is 1.17. The molecule has 1 fully saturated rings. The summed E-state index contributed by atoms with van der Waals surface area (Å²) >= 11 is 6.23. The minimum Gasteiger partial charge on any atom is -0.489 e. The number of carbonyl (C=O) groups excluding carboxylic acids is 1. The summed E-state index contributed by atoms with van der Waals surface area (Å²) in [6.45, 7) is 1.21. The molecule has 5 heteroatoms. The Morgan fingerprint density at radius 2 is 1.95 bits per heavy atom. The van der Waals surface area contributed by atoms with Crippen LogP contribution in [0.4, 0.5) is 0 Å². The maximum atomic E-state index is 11.9. The second kappa shape index (κ2) is 7.05. The predicted octanol–water partition coefficient (Wildman–Crippen LogP) is 3.57. The first-order valence-corrected chi connectivity index (χ1v) is 8.18. The first kappa shape index (κ1) is 15.2. The highest BCUT2D eigenvalue weighted by molar-refractivity contribution is 6.32. The fourth-order valence-corrected chi connectivity index (χ4v) is 3.11. The van der Waals surface area contributed by atoms with Crippen molar-refractivity contribution in [1.82, 2.24) is 5.32 Å². The first-order valence-electron chi connectivity index (χ1n) is 7.80. The van der Waals surface area contributed by atoms with Crippen molar-refractivity contribution >= 4 is 23.6 Å². The Bertz CT molecular complexity index is 580. The van der Waals surface area contributed by atoms with Gasteiger partial charge in [-0.05, 0) is 36.6 Å². The van der Waals surface area contributed by atoms with Crippen LogP contribution in [0, 0.1) is 0 Å². The Hall–Kier alpha value is -1.68. The van der Waals surface area contributed by atoms with Crippen LogP contribution in [-0.4, -0.2) is 25.2 Å². The van der Waals surface area contributed by atoms with Crippen molar-refractivity contribution in [3.8, 4) is 11.5 Å². The van der Waals surface area contributed by atoms with E-state index in [-0.39, 0.29) is 5.91 Å². The van der Waals surface area contributed by atoms with E-state index in [0.29, 0.717) is 35.8 Å². The normalized spacial score (nSPS) is 18.4. The highest BCUT2D eigenvalue weighted by Gasteiger charge is 2.16. The van der Waals surface area contributed by atoms with Crippen LogP contribution in [0.15, 0.2) is 18.2 Å². The van der Waals surface area contributed by atoms with Crippen LogP contribution in [0.5, 0.6) is 11.5 Å². The standard InChI is InChI=1S/C17H20ClNO3/c18-14-10-12(11-15-17(14)22-9-3-8-21-15)6-7-16(20)19-13-4-1-2-5-13/h6-7,10-11,13H,1-5,8-9H2,(H,19,20)/b7-6+. The number of rotatable bonds is 3. The topological polar surface area (TPSA) is 47.6 Å². The Labute approximate surface area is 135 Å². The lowest BCUT2D eigenvalue weighted by Crippen LogP contribution is -2.30. The number of fused-ring (bicyclic) bond motifs is 1. The quantitative estimate of drug-likeness (QED) is 0.866. The van der Waals surface area contributed by atoms with Gasteiger partial charge in [0.2, 0.25) is 5.91 Å². The smallest absolute Gasteiger partial charge is 0.244 e. The molecule has 0 unspecified atom stereocenters. The van der Waals surface area contributed by atoms with E-state index in [1.165, 1.54) is 12.8 Å². The van der Waals surface area contributed by atoms with Gasteiger partial charge >= 0.3 is 0 Å². The van der Waals surface area contributed by atoms with Crippen LogP contribution in [0.2, 0.25) is 5.02 Å². The van der Waals surface area contributed by atoms with E-state index in [1.807, 2.05) is 6.07 Å². The lowest BCUT2D eigenvalue weighted by Gasteiger charge is -2.10.